The molecule has 1 saturated carbocycles. The van der Waals surface area contributed by atoms with Crippen molar-refractivity contribution in [1.82, 2.24) is 0 Å². The maximum atomic E-state index is 13.5. The van der Waals surface area contributed by atoms with Crippen molar-refractivity contribution in [3.63, 3.8) is 0 Å². The van der Waals surface area contributed by atoms with Crippen LogP contribution in [-0.2, 0) is 9.53 Å². The Morgan fingerprint density at radius 1 is 1.41 bits per heavy atom. The van der Waals surface area contributed by atoms with Crippen LogP contribution in [0, 0.1) is 5.92 Å². The number of hydrogen-bond acceptors (Lipinski definition) is 2. The zero-order chi connectivity index (χ0) is 12.6. The first-order chi connectivity index (χ1) is 7.93. The summed E-state index contributed by atoms with van der Waals surface area (Å²) in [5.74, 6) is -5.03. The Morgan fingerprint density at radius 3 is 2.53 bits per heavy atom. The van der Waals surface area contributed by atoms with E-state index >= 15 is 0 Å². The lowest BCUT2D eigenvalue weighted by molar-refractivity contribution is -0.142. The highest BCUT2D eigenvalue weighted by Crippen LogP contribution is 2.61. The molecule has 0 bridgehead atoms. The minimum atomic E-state index is -2.77. The highest BCUT2D eigenvalue weighted by Gasteiger charge is 2.69. The van der Waals surface area contributed by atoms with Crippen molar-refractivity contribution in [1.29, 1.82) is 0 Å². The van der Waals surface area contributed by atoms with E-state index < -0.39 is 23.7 Å². The summed E-state index contributed by atoms with van der Waals surface area (Å²) in [6.45, 7) is 0.998. The Bertz CT molecular complexity index is 431. The van der Waals surface area contributed by atoms with Gasteiger partial charge in [0.2, 0.25) is 0 Å². The summed E-state index contributed by atoms with van der Waals surface area (Å²) in [5.41, 5.74) is 0.579. The van der Waals surface area contributed by atoms with Crippen LogP contribution in [0.5, 0.6) is 0 Å². The number of alkyl halides is 2. The molecular formula is C12H11BrF2O2. The average molecular weight is 305 g/mol. The second-order valence-electron chi connectivity index (χ2n) is 4.11. The second kappa shape index (κ2) is 4.37. The van der Waals surface area contributed by atoms with E-state index in [1.165, 1.54) is 6.92 Å². The third kappa shape index (κ3) is 2.49. The highest BCUT2D eigenvalue weighted by atomic mass is 79.9. The van der Waals surface area contributed by atoms with Crippen LogP contribution >= 0.6 is 15.9 Å². The van der Waals surface area contributed by atoms with Gasteiger partial charge in [0.25, 0.3) is 5.92 Å². The molecule has 1 fully saturated rings. The summed E-state index contributed by atoms with van der Waals surface area (Å²) < 4.78 is 32.5. The van der Waals surface area contributed by atoms with E-state index in [0.29, 0.717) is 5.56 Å². The van der Waals surface area contributed by atoms with Crippen molar-refractivity contribution in [3.8, 4) is 0 Å². The molecule has 0 heterocycles. The van der Waals surface area contributed by atoms with Gasteiger partial charge < -0.3 is 4.74 Å². The number of carbonyl (C=O) groups is 1. The Morgan fingerprint density at radius 2 is 2.00 bits per heavy atom. The summed E-state index contributed by atoms with van der Waals surface area (Å²) >= 11 is 3.25. The fourth-order valence-corrected chi connectivity index (χ4v) is 2.19. The first-order valence-corrected chi connectivity index (χ1v) is 5.99. The minimum absolute atomic E-state index is 0.219. The predicted molar refractivity (Wildman–Crippen MR) is 62.0 cm³/mol. The summed E-state index contributed by atoms with van der Waals surface area (Å²) in [5, 5.41) is 0. The van der Waals surface area contributed by atoms with Gasteiger partial charge in [0.1, 0.15) is 6.61 Å². The molecule has 2 nitrogen and oxygen atoms in total. The van der Waals surface area contributed by atoms with Crippen LogP contribution in [0.25, 0.3) is 0 Å². The number of esters is 1. The van der Waals surface area contributed by atoms with Crippen LogP contribution in [0.15, 0.2) is 28.7 Å². The molecule has 0 aliphatic heterocycles. The zero-order valence-electron chi connectivity index (χ0n) is 9.12. The van der Waals surface area contributed by atoms with Crippen molar-refractivity contribution >= 4 is 21.9 Å². The van der Waals surface area contributed by atoms with Crippen molar-refractivity contribution in [2.75, 3.05) is 6.61 Å². The molecule has 17 heavy (non-hydrogen) atoms. The number of benzene rings is 1. The SMILES string of the molecule is CC(=O)OCC1C(c2ccc(Br)cc2)C1(F)F. The van der Waals surface area contributed by atoms with E-state index in [9.17, 15) is 13.6 Å². The lowest BCUT2D eigenvalue weighted by Gasteiger charge is -1.99. The Kier molecular flexibility index (Phi) is 3.21. The van der Waals surface area contributed by atoms with Crippen molar-refractivity contribution in [3.05, 3.63) is 34.3 Å². The van der Waals surface area contributed by atoms with Gasteiger partial charge in [-0.1, -0.05) is 28.1 Å². The summed E-state index contributed by atoms with van der Waals surface area (Å²) in [7, 11) is 0. The normalized spacial score (nSPS) is 25.4. The first-order valence-electron chi connectivity index (χ1n) is 5.19. The fraction of sp³-hybridized carbons (Fsp3) is 0.417. The molecule has 1 aliphatic carbocycles. The van der Waals surface area contributed by atoms with E-state index in [0.717, 1.165) is 4.47 Å². The van der Waals surface area contributed by atoms with Crippen LogP contribution in [0.4, 0.5) is 8.78 Å². The molecule has 2 rings (SSSR count). The third-order valence-corrected chi connectivity index (χ3v) is 3.43. The third-order valence-electron chi connectivity index (χ3n) is 2.90. The van der Waals surface area contributed by atoms with Gasteiger partial charge in [0.05, 0.1) is 11.8 Å². The maximum absolute atomic E-state index is 13.5. The molecule has 0 aromatic heterocycles. The van der Waals surface area contributed by atoms with Crippen LogP contribution in [0.3, 0.4) is 0 Å². The number of carbonyl (C=O) groups excluding carboxylic acids is 1. The fourth-order valence-electron chi connectivity index (χ4n) is 1.93. The average Bonchev–Trinajstić information content (AvgIpc) is 2.79. The van der Waals surface area contributed by atoms with Gasteiger partial charge in [-0.25, -0.2) is 8.78 Å². The lowest BCUT2D eigenvalue weighted by Crippen LogP contribution is -2.06. The standard InChI is InChI=1S/C12H11BrF2O2/c1-7(16)17-6-10-11(12(10,14)15)8-2-4-9(13)5-3-8/h2-5,10-11H,6H2,1H3. The van der Waals surface area contributed by atoms with Gasteiger partial charge in [-0.05, 0) is 17.7 Å². The van der Waals surface area contributed by atoms with Gasteiger partial charge >= 0.3 is 5.97 Å². The van der Waals surface area contributed by atoms with Crippen molar-refractivity contribution < 1.29 is 18.3 Å². The molecule has 5 heteroatoms. The summed E-state index contributed by atoms with van der Waals surface area (Å²) in [6.07, 6.45) is 0. The Labute approximate surface area is 106 Å². The van der Waals surface area contributed by atoms with Crippen molar-refractivity contribution in [2.24, 2.45) is 5.92 Å². The molecular weight excluding hydrogens is 294 g/mol. The second-order valence-corrected chi connectivity index (χ2v) is 5.03. The first kappa shape index (κ1) is 12.5. The molecule has 1 aliphatic rings. The number of rotatable bonds is 3. The predicted octanol–water partition coefficient (Wildman–Crippen LogP) is 3.36. The van der Waals surface area contributed by atoms with E-state index in [-0.39, 0.29) is 6.61 Å². The lowest BCUT2D eigenvalue weighted by atomic mass is 10.1. The molecule has 92 valence electrons. The highest BCUT2D eigenvalue weighted by molar-refractivity contribution is 9.10. The smallest absolute Gasteiger partial charge is 0.302 e. The molecule has 2 unspecified atom stereocenters. The van der Waals surface area contributed by atoms with E-state index in [1.807, 2.05) is 0 Å². The number of hydrogen-bond donors (Lipinski definition) is 0. The van der Waals surface area contributed by atoms with Gasteiger partial charge in [-0.2, -0.15) is 0 Å². The van der Waals surface area contributed by atoms with E-state index in [2.05, 4.69) is 20.7 Å². The van der Waals surface area contributed by atoms with Gasteiger partial charge in [-0.15, -0.1) is 0 Å². The molecule has 2 atom stereocenters. The molecule has 0 amide bonds. The Balaban J connectivity index is 2.07. The van der Waals surface area contributed by atoms with Crippen LogP contribution in [-0.4, -0.2) is 18.5 Å². The quantitative estimate of drug-likeness (QED) is 0.800. The van der Waals surface area contributed by atoms with Crippen molar-refractivity contribution in [2.45, 2.75) is 18.8 Å². The minimum Gasteiger partial charge on any atom is -0.465 e. The molecule has 1 aromatic rings. The largest absolute Gasteiger partial charge is 0.465 e. The monoisotopic (exact) mass is 304 g/mol. The Hall–Kier alpha value is -0.970. The molecule has 0 radical (unpaired) electrons. The van der Waals surface area contributed by atoms with E-state index in [4.69, 9.17) is 0 Å². The van der Waals surface area contributed by atoms with E-state index in [1.54, 1.807) is 24.3 Å². The number of ether oxygens (including phenoxy) is 1. The van der Waals surface area contributed by atoms with Crippen LogP contribution in [0.1, 0.15) is 18.4 Å². The van der Waals surface area contributed by atoms with Crippen LogP contribution < -0.4 is 0 Å². The van der Waals surface area contributed by atoms with Gasteiger partial charge in [0.15, 0.2) is 0 Å². The summed E-state index contributed by atoms with van der Waals surface area (Å²) in [6, 6.07) is 6.78. The molecule has 0 N–H and O–H groups in total. The topological polar surface area (TPSA) is 26.3 Å². The summed E-state index contributed by atoms with van der Waals surface area (Å²) in [4.78, 5) is 10.6. The van der Waals surface area contributed by atoms with Gasteiger partial charge in [-0.3, -0.25) is 4.79 Å². The van der Waals surface area contributed by atoms with Crippen LogP contribution in [0.2, 0.25) is 0 Å². The van der Waals surface area contributed by atoms with Gasteiger partial charge in [0, 0.05) is 11.4 Å². The maximum Gasteiger partial charge on any atom is 0.302 e. The molecule has 0 saturated heterocycles. The number of halogens is 3. The molecule has 1 aromatic carbocycles. The molecule has 0 spiro atoms. The zero-order valence-corrected chi connectivity index (χ0v) is 10.7.